The van der Waals surface area contributed by atoms with Crippen LogP contribution in [0.5, 0.6) is 0 Å². The smallest absolute Gasteiger partial charge is 0.337 e. The Kier molecular flexibility index (Phi) is 4.69. The predicted octanol–water partition coefficient (Wildman–Crippen LogP) is 3.34. The molecule has 2 aromatic rings. The minimum Gasteiger partial charge on any atom is -0.465 e. The molecule has 0 aromatic heterocycles. The van der Waals surface area contributed by atoms with E-state index in [1.54, 1.807) is 12.1 Å². The van der Waals surface area contributed by atoms with Crippen LogP contribution in [0.1, 0.15) is 28.1 Å². The second kappa shape index (κ2) is 6.48. The Balaban J connectivity index is 2.19. The molecule has 0 aliphatic rings. The Hall–Kier alpha value is -1.94. The highest BCUT2D eigenvalue weighted by Gasteiger charge is 2.16. The minimum absolute atomic E-state index is 0.135. The first-order valence-electron chi connectivity index (χ1n) is 6.27. The summed E-state index contributed by atoms with van der Waals surface area (Å²) in [4.78, 5) is 12.2. The van der Waals surface area contributed by atoms with Gasteiger partial charge < -0.3 is 4.74 Å². The molecule has 0 aliphatic carbocycles. The van der Waals surface area contributed by atoms with Gasteiger partial charge >= 0.3 is 5.97 Å². The SMILES string of the molecule is COC(=O)c1ccc([C@@H](C)[S@](=O)c2ccccc2)cc1. The molecule has 0 amide bonds. The van der Waals surface area contributed by atoms with Gasteiger partial charge in [0.05, 0.1) is 28.7 Å². The van der Waals surface area contributed by atoms with E-state index < -0.39 is 10.8 Å². The summed E-state index contributed by atoms with van der Waals surface area (Å²) in [6.45, 7) is 1.91. The van der Waals surface area contributed by atoms with Gasteiger partial charge in [-0.3, -0.25) is 4.21 Å². The average molecular weight is 288 g/mol. The number of benzene rings is 2. The van der Waals surface area contributed by atoms with Crippen molar-refractivity contribution in [3.05, 3.63) is 65.7 Å². The molecule has 0 fully saturated rings. The normalized spacial score (nSPS) is 13.5. The van der Waals surface area contributed by atoms with Gasteiger partial charge in [0.15, 0.2) is 0 Å². The molecule has 4 heteroatoms. The minimum atomic E-state index is -1.11. The fraction of sp³-hybridized carbons (Fsp3) is 0.188. The van der Waals surface area contributed by atoms with Crippen LogP contribution in [-0.2, 0) is 15.5 Å². The van der Waals surface area contributed by atoms with Gasteiger partial charge in [0.1, 0.15) is 0 Å². The average Bonchev–Trinajstić information content (AvgIpc) is 2.53. The van der Waals surface area contributed by atoms with Crippen LogP contribution >= 0.6 is 0 Å². The van der Waals surface area contributed by atoms with Gasteiger partial charge in [-0.2, -0.15) is 0 Å². The fourth-order valence-corrected chi connectivity index (χ4v) is 3.13. The monoisotopic (exact) mass is 288 g/mol. The highest BCUT2D eigenvalue weighted by molar-refractivity contribution is 7.85. The Bertz CT molecular complexity index is 605. The summed E-state index contributed by atoms with van der Waals surface area (Å²) in [6.07, 6.45) is 0. The number of rotatable bonds is 4. The van der Waals surface area contributed by atoms with Crippen LogP contribution in [-0.4, -0.2) is 17.3 Å². The molecule has 0 spiro atoms. The fourth-order valence-electron chi connectivity index (χ4n) is 1.89. The highest BCUT2D eigenvalue weighted by atomic mass is 32.2. The zero-order chi connectivity index (χ0) is 14.5. The van der Waals surface area contributed by atoms with Crippen molar-refractivity contribution in [1.82, 2.24) is 0 Å². The third kappa shape index (κ3) is 3.14. The van der Waals surface area contributed by atoms with E-state index in [4.69, 9.17) is 0 Å². The molecule has 3 nitrogen and oxygen atoms in total. The summed E-state index contributed by atoms with van der Waals surface area (Å²) in [5.74, 6) is -0.367. The zero-order valence-corrected chi connectivity index (χ0v) is 12.2. The zero-order valence-electron chi connectivity index (χ0n) is 11.4. The number of carbonyl (C=O) groups is 1. The molecular formula is C16H16O3S. The van der Waals surface area contributed by atoms with E-state index in [0.29, 0.717) is 5.56 Å². The Morgan fingerprint density at radius 1 is 1.05 bits per heavy atom. The van der Waals surface area contributed by atoms with E-state index in [9.17, 15) is 9.00 Å². The quantitative estimate of drug-likeness (QED) is 0.810. The molecule has 2 rings (SSSR count). The maximum Gasteiger partial charge on any atom is 0.337 e. The lowest BCUT2D eigenvalue weighted by Gasteiger charge is -2.12. The molecule has 0 N–H and O–H groups in total. The van der Waals surface area contributed by atoms with E-state index in [2.05, 4.69) is 4.74 Å². The van der Waals surface area contributed by atoms with Crippen LogP contribution < -0.4 is 0 Å². The number of methoxy groups -OCH3 is 1. The summed E-state index contributed by atoms with van der Waals surface area (Å²) < 4.78 is 17.1. The van der Waals surface area contributed by atoms with E-state index in [1.807, 2.05) is 49.4 Å². The summed E-state index contributed by atoms with van der Waals surface area (Å²) in [5, 5.41) is -0.135. The number of esters is 1. The first-order valence-corrected chi connectivity index (χ1v) is 7.48. The molecule has 0 radical (unpaired) electrons. The van der Waals surface area contributed by atoms with E-state index in [0.717, 1.165) is 10.5 Å². The summed E-state index contributed by atoms with van der Waals surface area (Å²) in [7, 11) is 0.236. The Labute approximate surface area is 121 Å². The first kappa shape index (κ1) is 14.5. The molecule has 2 atom stereocenters. The second-order valence-electron chi connectivity index (χ2n) is 4.37. The van der Waals surface area contributed by atoms with Crippen molar-refractivity contribution in [2.24, 2.45) is 0 Å². The van der Waals surface area contributed by atoms with Crippen LogP contribution in [0.25, 0.3) is 0 Å². The predicted molar refractivity (Wildman–Crippen MR) is 79.0 cm³/mol. The first-order chi connectivity index (χ1) is 9.63. The molecule has 0 heterocycles. The van der Waals surface area contributed by atoms with Crippen molar-refractivity contribution >= 4 is 16.8 Å². The van der Waals surface area contributed by atoms with Crippen LogP contribution in [0, 0.1) is 0 Å². The third-order valence-corrected chi connectivity index (χ3v) is 4.75. The molecule has 104 valence electrons. The largest absolute Gasteiger partial charge is 0.465 e. The lowest BCUT2D eigenvalue weighted by atomic mass is 10.1. The van der Waals surface area contributed by atoms with Crippen molar-refractivity contribution in [1.29, 1.82) is 0 Å². The second-order valence-corrected chi connectivity index (χ2v) is 6.14. The van der Waals surface area contributed by atoms with Crippen molar-refractivity contribution in [2.75, 3.05) is 7.11 Å². The van der Waals surface area contributed by atoms with Crippen molar-refractivity contribution < 1.29 is 13.7 Å². The molecule has 0 unspecified atom stereocenters. The molecule has 0 saturated heterocycles. The van der Waals surface area contributed by atoms with Gasteiger partial charge in [0.25, 0.3) is 0 Å². The van der Waals surface area contributed by atoms with Crippen molar-refractivity contribution in [3.63, 3.8) is 0 Å². The van der Waals surface area contributed by atoms with Crippen LogP contribution in [0.4, 0.5) is 0 Å². The standard InChI is InChI=1S/C16H16O3S/c1-12(20(18)15-6-4-3-5-7-15)13-8-10-14(11-9-13)16(17)19-2/h3-12H,1-2H3/t12-,20+/m1/s1. The summed E-state index contributed by atoms with van der Waals surface area (Å²) in [5.41, 5.74) is 1.42. The molecular weight excluding hydrogens is 272 g/mol. The maximum atomic E-state index is 12.4. The number of hydrogen-bond donors (Lipinski definition) is 0. The number of ether oxygens (including phenoxy) is 1. The van der Waals surface area contributed by atoms with E-state index >= 15 is 0 Å². The molecule has 0 saturated carbocycles. The van der Waals surface area contributed by atoms with Crippen molar-refractivity contribution in [3.8, 4) is 0 Å². The lowest BCUT2D eigenvalue weighted by molar-refractivity contribution is 0.0600. The molecule has 20 heavy (non-hydrogen) atoms. The molecule has 2 aromatic carbocycles. The van der Waals surface area contributed by atoms with Crippen LogP contribution in [0.2, 0.25) is 0 Å². The van der Waals surface area contributed by atoms with Crippen molar-refractivity contribution in [2.45, 2.75) is 17.1 Å². The van der Waals surface area contributed by atoms with Gasteiger partial charge in [-0.1, -0.05) is 30.3 Å². The van der Waals surface area contributed by atoms with Gasteiger partial charge in [-0.05, 0) is 36.8 Å². The van der Waals surface area contributed by atoms with Gasteiger partial charge in [0.2, 0.25) is 0 Å². The highest BCUT2D eigenvalue weighted by Crippen LogP contribution is 2.24. The molecule has 0 bridgehead atoms. The van der Waals surface area contributed by atoms with Gasteiger partial charge in [0, 0.05) is 4.90 Å². The number of hydrogen-bond acceptors (Lipinski definition) is 3. The number of carbonyl (C=O) groups excluding carboxylic acids is 1. The topological polar surface area (TPSA) is 43.4 Å². The van der Waals surface area contributed by atoms with E-state index in [-0.39, 0.29) is 11.2 Å². The molecule has 0 aliphatic heterocycles. The third-order valence-electron chi connectivity index (χ3n) is 3.10. The Morgan fingerprint density at radius 3 is 2.20 bits per heavy atom. The lowest BCUT2D eigenvalue weighted by Crippen LogP contribution is -2.05. The van der Waals surface area contributed by atoms with Gasteiger partial charge in [-0.15, -0.1) is 0 Å². The maximum absolute atomic E-state index is 12.4. The summed E-state index contributed by atoms with van der Waals surface area (Å²) in [6, 6.07) is 16.4. The summed E-state index contributed by atoms with van der Waals surface area (Å²) >= 11 is 0. The Morgan fingerprint density at radius 2 is 1.65 bits per heavy atom. The van der Waals surface area contributed by atoms with Crippen LogP contribution in [0.3, 0.4) is 0 Å². The van der Waals surface area contributed by atoms with E-state index in [1.165, 1.54) is 7.11 Å². The van der Waals surface area contributed by atoms with Gasteiger partial charge in [-0.25, -0.2) is 4.79 Å². The van der Waals surface area contributed by atoms with Crippen LogP contribution in [0.15, 0.2) is 59.5 Å².